The summed E-state index contributed by atoms with van der Waals surface area (Å²) in [5.41, 5.74) is 0.958. The molecule has 0 radical (unpaired) electrons. The minimum Gasteiger partial charge on any atom is -0.308 e. The van der Waals surface area contributed by atoms with Crippen LogP contribution in [0.2, 0.25) is 5.02 Å². The number of nitrogens with zero attached hydrogens (tertiary/aromatic N) is 1. The number of hydrogen-bond donors (Lipinski definition) is 1. The van der Waals surface area contributed by atoms with Crippen molar-refractivity contribution in [2.45, 2.75) is 30.7 Å². The van der Waals surface area contributed by atoms with Gasteiger partial charge in [0.25, 0.3) is 10.0 Å². The Morgan fingerprint density at radius 1 is 1.12 bits per heavy atom. The second kappa shape index (κ2) is 6.45. The molecule has 1 aliphatic rings. The fourth-order valence-electron chi connectivity index (χ4n) is 2.54. The Morgan fingerprint density at radius 2 is 1.75 bits per heavy atom. The Hall–Kier alpha value is -2.05. The Balaban J connectivity index is 1.95. The maximum absolute atomic E-state index is 12.6. The molecule has 1 fully saturated rings. The zero-order chi connectivity index (χ0) is 17.3. The number of benzene rings is 2. The van der Waals surface area contributed by atoms with Gasteiger partial charge in [-0.15, -0.1) is 0 Å². The van der Waals surface area contributed by atoms with E-state index in [1.54, 1.807) is 29.2 Å². The summed E-state index contributed by atoms with van der Waals surface area (Å²) in [6.45, 7) is 1.49. The Bertz CT molecular complexity index is 862. The third-order valence-electron chi connectivity index (χ3n) is 3.78. The number of nitrogens with one attached hydrogen (secondary N) is 1. The van der Waals surface area contributed by atoms with E-state index in [4.69, 9.17) is 11.6 Å². The maximum atomic E-state index is 12.6. The van der Waals surface area contributed by atoms with E-state index < -0.39 is 10.0 Å². The average molecular weight is 365 g/mol. The van der Waals surface area contributed by atoms with Crippen molar-refractivity contribution in [2.75, 3.05) is 9.62 Å². The van der Waals surface area contributed by atoms with Gasteiger partial charge < -0.3 is 4.90 Å². The summed E-state index contributed by atoms with van der Waals surface area (Å²) in [5, 5.41) is 0.464. The highest BCUT2D eigenvalue weighted by atomic mass is 35.5. The zero-order valence-corrected chi connectivity index (χ0v) is 14.6. The van der Waals surface area contributed by atoms with E-state index in [1.165, 1.54) is 31.2 Å². The van der Waals surface area contributed by atoms with E-state index >= 15 is 0 Å². The fraction of sp³-hybridized carbons (Fsp3) is 0.235. The molecule has 1 aliphatic carbocycles. The van der Waals surface area contributed by atoms with Crippen LogP contribution >= 0.6 is 11.6 Å². The molecular formula is C17H17ClN2O3S. The lowest BCUT2D eigenvalue weighted by atomic mass is 10.2. The first-order valence-electron chi connectivity index (χ1n) is 7.56. The molecule has 2 aromatic carbocycles. The van der Waals surface area contributed by atoms with Gasteiger partial charge >= 0.3 is 0 Å². The molecule has 1 saturated carbocycles. The van der Waals surface area contributed by atoms with Crippen molar-refractivity contribution in [3.05, 3.63) is 53.6 Å². The van der Waals surface area contributed by atoms with Crippen molar-refractivity contribution >= 4 is 38.9 Å². The molecule has 0 spiro atoms. The largest absolute Gasteiger partial charge is 0.308 e. The summed E-state index contributed by atoms with van der Waals surface area (Å²) in [6, 6.07) is 13.0. The minimum absolute atomic E-state index is 0.101. The van der Waals surface area contributed by atoms with Crippen molar-refractivity contribution in [3.8, 4) is 0 Å². The molecule has 0 atom stereocenters. The molecule has 2 aromatic rings. The summed E-state index contributed by atoms with van der Waals surface area (Å²) in [4.78, 5) is 13.8. The van der Waals surface area contributed by atoms with Crippen LogP contribution in [0.3, 0.4) is 0 Å². The van der Waals surface area contributed by atoms with Crippen LogP contribution in [0.4, 0.5) is 11.4 Å². The van der Waals surface area contributed by atoms with E-state index in [1.807, 2.05) is 0 Å². The summed E-state index contributed by atoms with van der Waals surface area (Å²) >= 11 is 5.81. The Kier molecular flexibility index (Phi) is 4.51. The second-order valence-corrected chi connectivity index (χ2v) is 7.82. The van der Waals surface area contributed by atoms with Crippen LogP contribution in [-0.4, -0.2) is 20.4 Å². The van der Waals surface area contributed by atoms with Crippen LogP contribution in [0.15, 0.2) is 53.4 Å². The first kappa shape index (κ1) is 16.8. The smallest absolute Gasteiger partial charge is 0.261 e. The van der Waals surface area contributed by atoms with Gasteiger partial charge in [0, 0.05) is 18.0 Å². The van der Waals surface area contributed by atoms with Crippen molar-refractivity contribution in [2.24, 2.45) is 0 Å². The molecule has 24 heavy (non-hydrogen) atoms. The van der Waals surface area contributed by atoms with Gasteiger partial charge in [-0.2, -0.15) is 0 Å². The summed E-state index contributed by atoms with van der Waals surface area (Å²) in [6.07, 6.45) is 1.86. The Labute approximate surface area is 146 Å². The van der Waals surface area contributed by atoms with Gasteiger partial charge in [0.15, 0.2) is 0 Å². The lowest BCUT2D eigenvalue weighted by Crippen LogP contribution is -2.31. The zero-order valence-electron chi connectivity index (χ0n) is 13.1. The number of sulfonamides is 1. The second-order valence-electron chi connectivity index (χ2n) is 5.70. The van der Waals surface area contributed by atoms with Crippen LogP contribution < -0.4 is 9.62 Å². The van der Waals surface area contributed by atoms with Gasteiger partial charge in [0.05, 0.1) is 16.3 Å². The number of para-hydroxylation sites is 2. The minimum atomic E-state index is -3.76. The van der Waals surface area contributed by atoms with Gasteiger partial charge in [0.1, 0.15) is 0 Å². The molecule has 7 heteroatoms. The molecule has 1 N–H and O–H groups in total. The highest BCUT2D eigenvalue weighted by Crippen LogP contribution is 2.36. The number of halogens is 1. The van der Waals surface area contributed by atoms with Crippen molar-refractivity contribution < 1.29 is 13.2 Å². The summed E-state index contributed by atoms with van der Waals surface area (Å²) in [7, 11) is -3.76. The number of carbonyl (C=O) groups is 1. The molecule has 0 saturated heterocycles. The molecule has 0 aliphatic heterocycles. The van der Waals surface area contributed by atoms with Crippen molar-refractivity contribution in [3.63, 3.8) is 0 Å². The Morgan fingerprint density at radius 3 is 2.33 bits per heavy atom. The standard InChI is InChI=1S/C17H17ClN2O3S/c1-12(21)20(14-8-9-14)17-5-3-2-4-16(17)19-24(22,23)15-10-6-13(18)7-11-15/h2-7,10-11,14,19H,8-9H2,1H3. The molecular weight excluding hydrogens is 348 g/mol. The molecule has 0 aromatic heterocycles. The van der Waals surface area contributed by atoms with Crippen LogP contribution in [0.25, 0.3) is 0 Å². The van der Waals surface area contributed by atoms with Crippen LogP contribution in [-0.2, 0) is 14.8 Å². The lowest BCUT2D eigenvalue weighted by molar-refractivity contribution is -0.116. The first-order chi connectivity index (χ1) is 11.4. The van der Waals surface area contributed by atoms with Crippen molar-refractivity contribution in [1.82, 2.24) is 0 Å². The fourth-order valence-corrected chi connectivity index (χ4v) is 3.74. The van der Waals surface area contributed by atoms with E-state index in [0.29, 0.717) is 16.4 Å². The lowest BCUT2D eigenvalue weighted by Gasteiger charge is -2.24. The molecule has 5 nitrogen and oxygen atoms in total. The first-order valence-corrected chi connectivity index (χ1v) is 9.42. The SMILES string of the molecule is CC(=O)N(c1ccccc1NS(=O)(=O)c1ccc(Cl)cc1)C1CC1. The number of amides is 1. The monoisotopic (exact) mass is 364 g/mol. The van der Waals surface area contributed by atoms with Gasteiger partial charge in [-0.3, -0.25) is 9.52 Å². The third-order valence-corrected chi connectivity index (χ3v) is 5.42. The molecule has 0 bridgehead atoms. The molecule has 0 unspecified atom stereocenters. The topological polar surface area (TPSA) is 66.5 Å². The van der Waals surface area contributed by atoms with Gasteiger partial charge in [-0.25, -0.2) is 8.42 Å². The highest BCUT2D eigenvalue weighted by Gasteiger charge is 2.33. The average Bonchev–Trinajstić information content (AvgIpc) is 3.34. The van der Waals surface area contributed by atoms with Gasteiger partial charge in [-0.1, -0.05) is 23.7 Å². The summed E-state index contributed by atoms with van der Waals surface area (Å²) in [5.74, 6) is -0.101. The van der Waals surface area contributed by atoms with Crippen molar-refractivity contribution in [1.29, 1.82) is 0 Å². The van der Waals surface area contributed by atoms with E-state index in [-0.39, 0.29) is 16.8 Å². The third kappa shape index (κ3) is 3.55. The number of carbonyl (C=O) groups excluding carboxylic acids is 1. The van der Waals surface area contributed by atoms with E-state index in [9.17, 15) is 13.2 Å². The number of anilines is 2. The summed E-state index contributed by atoms with van der Waals surface area (Å²) < 4.78 is 27.7. The highest BCUT2D eigenvalue weighted by molar-refractivity contribution is 7.92. The quantitative estimate of drug-likeness (QED) is 0.880. The van der Waals surface area contributed by atoms with E-state index in [2.05, 4.69) is 4.72 Å². The molecule has 3 rings (SSSR count). The predicted molar refractivity (Wildman–Crippen MR) is 94.9 cm³/mol. The van der Waals surface area contributed by atoms with Crippen LogP contribution in [0, 0.1) is 0 Å². The van der Waals surface area contributed by atoms with Gasteiger partial charge in [-0.05, 0) is 49.2 Å². The molecule has 1 amide bonds. The predicted octanol–water partition coefficient (Wildman–Crippen LogP) is 3.66. The number of rotatable bonds is 5. The molecule has 0 heterocycles. The molecule has 126 valence electrons. The van der Waals surface area contributed by atoms with Gasteiger partial charge in [0.2, 0.25) is 5.91 Å². The van der Waals surface area contributed by atoms with Crippen LogP contribution in [0.1, 0.15) is 19.8 Å². The normalized spacial score (nSPS) is 14.2. The number of hydrogen-bond acceptors (Lipinski definition) is 3. The maximum Gasteiger partial charge on any atom is 0.261 e. The van der Waals surface area contributed by atoms with E-state index in [0.717, 1.165) is 12.8 Å². The van der Waals surface area contributed by atoms with Crippen LogP contribution in [0.5, 0.6) is 0 Å².